The lowest BCUT2D eigenvalue weighted by molar-refractivity contribution is -0.114. The largest absolute Gasteiger partial charge is 0.395 e. The predicted octanol–water partition coefficient (Wildman–Crippen LogP) is 2.82. The van der Waals surface area contributed by atoms with E-state index in [-0.39, 0.29) is 35.4 Å². The molecule has 0 saturated carbocycles. The van der Waals surface area contributed by atoms with E-state index in [0.717, 1.165) is 48.3 Å². The summed E-state index contributed by atoms with van der Waals surface area (Å²) in [5.41, 5.74) is 3.36. The molecule has 5 heteroatoms. The number of benzene rings is 1. The molecule has 0 atom stereocenters. The number of nitriles is 1. The maximum atomic E-state index is 12.6. The molecule has 1 heterocycles. The number of nitrogens with zero attached hydrogens (tertiary/aromatic N) is 2. The van der Waals surface area contributed by atoms with Gasteiger partial charge >= 0.3 is 0 Å². The molecule has 5 nitrogen and oxygen atoms in total. The van der Waals surface area contributed by atoms with E-state index in [4.69, 9.17) is 4.74 Å². The molecule has 1 aromatic carbocycles. The second-order valence-corrected chi connectivity index (χ2v) is 8.49. The minimum absolute atomic E-state index is 0.0325. The third-order valence-corrected chi connectivity index (χ3v) is 6.15. The first kappa shape index (κ1) is 19.6. The number of hydrogen-bond donors (Lipinski definition) is 1. The van der Waals surface area contributed by atoms with Crippen molar-refractivity contribution in [3.63, 3.8) is 0 Å². The van der Waals surface area contributed by atoms with Crippen LogP contribution < -0.4 is 0 Å². The molecule has 0 bridgehead atoms. The number of piperidine rings is 1. The average Bonchev–Trinajstić information content (AvgIpc) is 2.67. The number of aliphatic hydroxyl groups excluding tert-OH is 1. The third kappa shape index (κ3) is 3.52. The highest BCUT2D eigenvalue weighted by Gasteiger charge is 2.35. The average molecular weight is 368 g/mol. The van der Waals surface area contributed by atoms with Crippen LogP contribution in [0.4, 0.5) is 0 Å². The summed E-state index contributed by atoms with van der Waals surface area (Å²) in [6.07, 6.45) is 1.94. The summed E-state index contributed by atoms with van der Waals surface area (Å²) in [6, 6.07) is 8.16. The lowest BCUT2D eigenvalue weighted by Crippen LogP contribution is -2.43. The van der Waals surface area contributed by atoms with Crippen molar-refractivity contribution in [3.8, 4) is 6.07 Å². The Balaban J connectivity index is 2.07. The van der Waals surface area contributed by atoms with E-state index in [1.165, 1.54) is 0 Å². The molecular formula is C22H28N2O3. The van der Waals surface area contributed by atoms with Crippen molar-refractivity contribution in [2.24, 2.45) is 0 Å². The number of aliphatic hydroxyl groups is 1. The summed E-state index contributed by atoms with van der Waals surface area (Å²) >= 11 is 0. The van der Waals surface area contributed by atoms with Crippen molar-refractivity contribution >= 4 is 11.5 Å². The zero-order valence-corrected chi connectivity index (χ0v) is 16.6. The Labute approximate surface area is 161 Å². The Bertz CT molecular complexity index is 824. The van der Waals surface area contributed by atoms with E-state index in [1.807, 2.05) is 26.0 Å². The number of carbonyl (C=O) groups excluding carboxylic acids is 1. The van der Waals surface area contributed by atoms with Gasteiger partial charge in [-0.05, 0) is 37.0 Å². The number of rotatable bonds is 4. The van der Waals surface area contributed by atoms with Crippen LogP contribution in [-0.4, -0.2) is 48.2 Å². The minimum atomic E-state index is -0.384. The van der Waals surface area contributed by atoms with Gasteiger partial charge in [-0.3, -0.25) is 4.79 Å². The van der Waals surface area contributed by atoms with Gasteiger partial charge in [0.2, 0.25) is 0 Å². The van der Waals surface area contributed by atoms with Crippen molar-refractivity contribution in [1.29, 1.82) is 5.26 Å². The lowest BCUT2D eigenvalue weighted by Gasteiger charge is -2.42. The highest BCUT2D eigenvalue weighted by atomic mass is 16.5. The van der Waals surface area contributed by atoms with Crippen molar-refractivity contribution in [2.75, 3.05) is 26.8 Å². The fourth-order valence-electron chi connectivity index (χ4n) is 3.84. The van der Waals surface area contributed by atoms with Crippen molar-refractivity contribution < 1.29 is 14.6 Å². The van der Waals surface area contributed by atoms with Gasteiger partial charge in [-0.15, -0.1) is 0 Å². The van der Waals surface area contributed by atoms with E-state index in [2.05, 4.69) is 24.0 Å². The van der Waals surface area contributed by atoms with Crippen LogP contribution in [0.1, 0.15) is 50.3 Å². The summed E-state index contributed by atoms with van der Waals surface area (Å²) in [5, 5.41) is 19.4. The Morgan fingerprint density at radius 3 is 2.56 bits per heavy atom. The molecular weight excluding hydrogens is 340 g/mol. The molecule has 0 aromatic heterocycles. The normalized spacial score (nSPS) is 19.7. The molecule has 1 N–H and O–H groups in total. The van der Waals surface area contributed by atoms with Gasteiger partial charge in [0.15, 0.2) is 5.78 Å². The van der Waals surface area contributed by atoms with Gasteiger partial charge in [-0.2, -0.15) is 5.26 Å². The number of fused-ring (bicyclic) bond motifs is 1. The predicted molar refractivity (Wildman–Crippen MR) is 104 cm³/mol. The number of hydrogen-bond acceptors (Lipinski definition) is 5. The quantitative estimate of drug-likeness (QED) is 0.885. The Kier molecular flexibility index (Phi) is 5.16. The smallest absolute Gasteiger partial charge is 0.179 e. The van der Waals surface area contributed by atoms with Gasteiger partial charge in [0, 0.05) is 37.6 Å². The monoisotopic (exact) mass is 368 g/mol. The van der Waals surface area contributed by atoms with Gasteiger partial charge in [0.1, 0.15) is 11.6 Å². The summed E-state index contributed by atoms with van der Waals surface area (Å²) < 4.78 is 5.63. The number of carbonyl (C=O) groups is 1. The van der Waals surface area contributed by atoms with E-state index in [0.29, 0.717) is 0 Å². The third-order valence-electron chi connectivity index (χ3n) is 6.15. The molecule has 1 saturated heterocycles. The van der Waals surface area contributed by atoms with Crippen molar-refractivity contribution in [3.05, 3.63) is 40.5 Å². The van der Waals surface area contributed by atoms with Crippen LogP contribution in [0.5, 0.6) is 0 Å². The standard InChI is InChI=1S/C22H28N2O3/c1-21(2,14-25)16-6-5-15-11-19(26)18(13-23)20(17(15)12-16)24-9-7-22(3,27-4)8-10-24/h5-6,12,25H,7-11,14H2,1-4H3. The zero-order chi connectivity index (χ0) is 19.8. The number of methoxy groups -OCH3 is 1. The van der Waals surface area contributed by atoms with Crippen molar-refractivity contribution in [1.82, 2.24) is 4.90 Å². The van der Waals surface area contributed by atoms with Crippen LogP contribution in [0.15, 0.2) is 23.8 Å². The van der Waals surface area contributed by atoms with Crippen molar-refractivity contribution in [2.45, 2.75) is 51.0 Å². The number of Topliss-reactive ketones (excluding diaryl/α,β-unsaturated/α-hetero) is 1. The van der Waals surface area contributed by atoms with Gasteiger partial charge in [-0.1, -0.05) is 26.0 Å². The molecule has 0 radical (unpaired) electrons. The Morgan fingerprint density at radius 2 is 2.00 bits per heavy atom. The van der Waals surface area contributed by atoms with Crippen LogP contribution in [0.2, 0.25) is 0 Å². The Morgan fingerprint density at radius 1 is 1.33 bits per heavy atom. The topological polar surface area (TPSA) is 73.6 Å². The summed E-state index contributed by atoms with van der Waals surface area (Å²) in [4.78, 5) is 14.7. The molecule has 1 aromatic rings. The molecule has 1 aliphatic heterocycles. The number of likely N-dealkylation sites (tertiary alicyclic amines) is 1. The van der Waals surface area contributed by atoms with Gasteiger partial charge < -0.3 is 14.7 Å². The SMILES string of the molecule is COC1(C)CCN(C2=C(C#N)C(=O)Cc3ccc(C(C)(C)CO)cc32)CC1. The van der Waals surface area contributed by atoms with Crippen LogP contribution >= 0.6 is 0 Å². The molecule has 1 fully saturated rings. The number of ketones is 1. The molecule has 3 rings (SSSR count). The second-order valence-electron chi connectivity index (χ2n) is 8.49. The highest BCUT2D eigenvalue weighted by Crippen LogP contribution is 2.38. The van der Waals surface area contributed by atoms with E-state index < -0.39 is 0 Å². The second kappa shape index (κ2) is 7.10. The van der Waals surface area contributed by atoms with Crippen LogP contribution in [0.25, 0.3) is 5.70 Å². The van der Waals surface area contributed by atoms with Gasteiger partial charge in [0.25, 0.3) is 0 Å². The molecule has 144 valence electrons. The van der Waals surface area contributed by atoms with Gasteiger partial charge in [-0.25, -0.2) is 0 Å². The fraction of sp³-hybridized carbons (Fsp3) is 0.545. The summed E-state index contributed by atoms with van der Waals surface area (Å²) in [6.45, 7) is 7.59. The summed E-state index contributed by atoms with van der Waals surface area (Å²) in [5.74, 6) is -0.116. The first-order valence-electron chi connectivity index (χ1n) is 9.47. The molecule has 0 unspecified atom stereocenters. The number of allylic oxidation sites excluding steroid dienone is 1. The maximum Gasteiger partial charge on any atom is 0.179 e. The molecule has 0 amide bonds. The first-order chi connectivity index (χ1) is 12.7. The van der Waals surface area contributed by atoms with E-state index >= 15 is 0 Å². The van der Waals surface area contributed by atoms with Gasteiger partial charge in [0.05, 0.1) is 17.9 Å². The molecule has 27 heavy (non-hydrogen) atoms. The van der Waals surface area contributed by atoms with E-state index in [1.54, 1.807) is 7.11 Å². The first-order valence-corrected chi connectivity index (χ1v) is 9.47. The minimum Gasteiger partial charge on any atom is -0.395 e. The lowest BCUT2D eigenvalue weighted by atomic mass is 9.80. The molecule has 2 aliphatic rings. The van der Waals surface area contributed by atoms with Crippen LogP contribution in [0, 0.1) is 11.3 Å². The number of ether oxygens (including phenoxy) is 1. The highest BCUT2D eigenvalue weighted by molar-refractivity contribution is 6.10. The van der Waals surface area contributed by atoms with Crippen LogP contribution in [-0.2, 0) is 21.4 Å². The zero-order valence-electron chi connectivity index (χ0n) is 16.6. The van der Waals surface area contributed by atoms with E-state index in [9.17, 15) is 15.2 Å². The fourth-order valence-corrected chi connectivity index (χ4v) is 3.84. The van der Waals surface area contributed by atoms with Crippen LogP contribution in [0.3, 0.4) is 0 Å². The maximum absolute atomic E-state index is 12.6. The molecule has 1 aliphatic carbocycles. The summed E-state index contributed by atoms with van der Waals surface area (Å²) in [7, 11) is 1.73. The Hall–Kier alpha value is -2.16. The molecule has 0 spiro atoms.